The van der Waals surface area contributed by atoms with Crippen LogP contribution in [0, 0.1) is 11.7 Å². The summed E-state index contributed by atoms with van der Waals surface area (Å²) >= 11 is 0. The van der Waals surface area contributed by atoms with Crippen LogP contribution in [0.3, 0.4) is 0 Å². The summed E-state index contributed by atoms with van der Waals surface area (Å²) in [6, 6.07) is 21.3. The second kappa shape index (κ2) is 7.52. The quantitative estimate of drug-likeness (QED) is 0.602. The number of para-hydroxylation sites is 1. The molecule has 0 bridgehead atoms. The number of hydrogen-bond donors (Lipinski definition) is 0. The number of halogens is 1. The monoisotopic (exact) mass is 418 g/mol. The second-order valence-electron chi connectivity index (χ2n) is 7.42. The van der Waals surface area contributed by atoms with Crippen molar-refractivity contribution in [2.45, 2.75) is 12.1 Å². The summed E-state index contributed by atoms with van der Waals surface area (Å²) < 4.78 is 18.7. The van der Waals surface area contributed by atoms with E-state index in [0.717, 1.165) is 4.90 Å². The zero-order chi connectivity index (χ0) is 21.5. The summed E-state index contributed by atoms with van der Waals surface area (Å²) in [7, 11) is 1.55. The number of anilines is 2. The molecule has 3 atom stereocenters. The van der Waals surface area contributed by atoms with Crippen LogP contribution in [0.25, 0.3) is 0 Å². The number of methoxy groups -OCH3 is 1. The number of carbonyl (C=O) groups excluding carboxylic acids is 2. The largest absolute Gasteiger partial charge is 0.497 e. The summed E-state index contributed by atoms with van der Waals surface area (Å²) in [4.78, 5) is 33.9. The van der Waals surface area contributed by atoms with Crippen molar-refractivity contribution in [3.05, 3.63) is 90.2 Å². The molecule has 5 rings (SSSR count). The van der Waals surface area contributed by atoms with Crippen molar-refractivity contribution < 1.29 is 23.6 Å². The number of hydroxylamine groups is 1. The van der Waals surface area contributed by atoms with E-state index in [9.17, 15) is 14.0 Å². The van der Waals surface area contributed by atoms with Gasteiger partial charge in [0.15, 0.2) is 6.10 Å². The Labute approximate surface area is 178 Å². The van der Waals surface area contributed by atoms with E-state index >= 15 is 0 Å². The van der Waals surface area contributed by atoms with Crippen molar-refractivity contribution in [1.82, 2.24) is 0 Å². The van der Waals surface area contributed by atoms with Gasteiger partial charge >= 0.3 is 0 Å². The highest BCUT2D eigenvalue weighted by Gasteiger charge is 2.60. The molecule has 0 saturated carbocycles. The Kier molecular flexibility index (Phi) is 4.67. The maximum Gasteiger partial charge on any atom is 0.266 e. The Morgan fingerprint density at radius 3 is 2.16 bits per heavy atom. The van der Waals surface area contributed by atoms with Gasteiger partial charge < -0.3 is 4.74 Å². The minimum atomic E-state index is -0.968. The van der Waals surface area contributed by atoms with Gasteiger partial charge in [-0.25, -0.2) is 14.4 Å². The van der Waals surface area contributed by atoms with E-state index in [-0.39, 0.29) is 11.7 Å². The Morgan fingerprint density at radius 2 is 1.52 bits per heavy atom. The van der Waals surface area contributed by atoms with Gasteiger partial charge in [0, 0.05) is 0 Å². The highest BCUT2D eigenvalue weighted by molar-refractivity contribution is 6.23. The first-order chi connectivity index (χ1) is 15.1. The van der Waals surface area contributed by atoms with Crippen LogP contribution in [0.4, 0.5) is 15.8 Å². The third-order valence-corrected chi connectivity index (χ3v) is 5.67. The lowest BCUT2D eigenvalue weighted by molar-refractivity contribution is -0.126. The fourth-order valence-corrected chi connectivity index (χ4v) is 4.20. The molecule has 3 aromatic carbocycles. The van der Waals surface area contributed by atoms with E-state index < -0.39 is 24.0 Å². The van der Waals surface area contributed by atoms with Crippen LogP contribution in [0.15, 0.2) is 78.9 Å². The highest BCUT2D eigenvalue weighted by Crippen LogP contribution is 2.47. The van der Waals surface area contributed by atoms with E-state index in [1.807, 2.05) is 30.3 Å². The molecule has 0 unspecified atom stereocenters. The van der Waals surface area contributed by atoms with E-state index in [1.165, 1.54) is 12.1 Å². The van der Waals surface area contributed by atoms with Crippen molar-refractivity contribution in [3.63, 3.8) is 0 Å². The number of amides is 2. The Morgan fingerprint density at radius 1 is 0.839 bits per heavy atom. The van der Waals surface area contributed by atoms with Gasteiger partial charge in [0.2, 0.25) is 5.91 Å². The van der Waals surface area contributed by atoms with Crippen LogP contribution >= 0.6 is 0 Å². The number of carbonyl (C=O) groups is 2. The standard InChI is InChI=1S/C24H19FN2O4/c1-30-19-13-11-17(12-14-19)26-23(28)20-21(15-7-9-16(25)10-8-15)27(31-22(20)24(26)29)18-5-3-2-4-6-18/h2-14,20-22H,1H3/t20-,21+,22+/m1/s1. The van der Waals surface area contributed by atoms with Crippen LogP contribution in [0.2, 0.25) is 0 Å². The van der Waals surface area contributed by atoms with Crippen molar-refractivity contribution in [1.29, 1.82) is 0 Å². The zero-order valence-corrected chi connectivity index (χ0v) is 16.6. The fourth-order valence-electron chi connectivity index (χ4n) is 4.20. The molecule has 0 aromatic heterocycles. The van der Waals surface area contributed by atoms with Crippen molar-refractivity contribution in [2.24, 2.45) is 5.92 Å². The molecule has 0 radical (unpaired) electrons. The van der Waals surface area contributed by atoms with Gasteiger partial charge in [-0.2, -0.15) is 0 Å². The normalized spacial score (nSPS) is 22.7. The lowest BCUT2D eigenvalue weighted by Crippen LogP contribution is -2.37. The van der Waals surface area contributed by atoms with Gasteiger partial charge in [0.1, 0.15) is 17.5 Å². The summed E-state index contributed by atoms with van der Waals surface area (Å²) in [6.07, 6.45) is -0.968. The molecule has 2 aliphatic heterocycles. The average Bonchev–Trinajstić information content (AvgIpc) is 3.31. The fraction of sp³-hybridized carbons (Fsp3) is 0.167. The number of fused-ring (bicyclic) bond motifs is 1. The minimum absolute atomic E-state index is 0.354. The predicted octanol–water partition coefficient (Wildman–Crippen LogP) is 3.89. The molecule has 7 heteroatoms. The third kappa shape index (κ3) is 3.14. The Balaban J connectivity index is 1.56. The SMILES string of the molecule is COc1ccc(N2C(=O)[C@H]3[C@H](ON(c4ccccc4)[C@H]3c3ccc(F)cc3)C2=O)cc1. The van der Waals surface area contributed by atoms with Gasteiger partial charge in [0.25, 0.3) is 5.91 Å². The first-order valence-corrected chi connectivity index (χ1v) is 9.87. The van der Waals surface area contributed by atoms with Gasteiger partial charge in [-0.15, -0.1) is 0 Å². The Hall–Kier alpha value is -3.71. The molecular weight excluding hydrogens is 399 g/mol. The molecule has 31 heavy (non-hydrogen) atoms. The van der Waals surface area contributed by atoms with Crippen molar-refractivity contribution in [2.75, 3.05) is 17.1 Å². The molecule has 0 spiro atoms. The number of imide groups is 1. The maximum atomic E-state index is 13.6. The summed E-state index contributed by atoms with van der Waals surface area (Å²) in [5.41, 5.74) is 1.86. The topological polar surface area (TPSA) is 59.1 Å². The molecule has 0 N–H and O–H groups in total. The Bertz CT molecular complexity index is 1120. The van der Waals surface area contributed by atoms with Crippen LogP contribution in [-0.2, 0) is 14.4 Å². The zero-order valence-electron chi connectivity index (χ0n) is 16.6. The van der Waals surface area contributed by atoms with Gasteiger partial charge in [-0.3, -0.25) is 14.4 Å². The second-order valence-corrected chi connectivity index (χ2v) is 7.42. The highest BCUT2D eigenvalue weighted by atomic mass is 19.1. The summed E-state index contributed by atoms with van der Waals surface area (Å²) in [6.45, 7) is 0. The maximum absolute atomic E-state index is 13.6. The van der Waals surface area contributed by atoms with Crippen LogP contribution in [0.1, 0.15) is 11.6 Å². The summed E-state index contributed by atoms with van der Waals surface area (Å²) in [5.74, 6) is -1.29. The number of rotatable bonds is 4. The van der Waals surface area contributed by atoms with Crippen molar-refractivity contribution in [3.8, 4) is 5.75 Å². The van der Waals surface area contributed by atoms with Crippen molar-refractivity contribution >= 4 is 23.2 Å². The number of hydrogen-bond acceptors (Lipinski definition) is 5. The van der Waals surface area contributed by atoms with E-state index in [2.05, 4.69) is 0 Å². The third-order valence-electron chi connectivity index (χ3n) is 5.67. The minimum Gasteiger partial charge on any atom is -0.497 e. The number of nitrogens with zero attached hydrogens (tertiary/aromatic N) is 2. The molecule has 2 aliphatic rings. The van der Waals surface area contributed by atoms with Crippen LogP contribution in [0.5, 0.6) is 5.75 Å². The molecule has 2 amide bonds. The van der Waals surface area contributed by atoms with Gasteiger partial charge in [-0.1, -0.05) is 30.3 Å². The number of ether oxygens (including phenoxy) is 1. The van der Waals surface area contributed by atoms with Crippen LogP contribution in [-0.4, -0.2) is 25.0 Å². The predicted molar refractivity (Wildman–Crippen MR) is 112 cm³/mol. The van der Waals surface area contributed by atoms with Gasteiger partial charge in [-0.05, 0) is 54.1 Å². The molecule has 3 aromatic rings. The average molecular weight is 418 g/mol. The van der Waals surface area contributed by atoms with Crippen LogP contribution < -0.4 is 14.7 Å². The van der Waals surface area contributed by atoms with E-state index in [4.69, 9.17) is 9.57 Å². The molecule has 6 nitrogen and oxygen atoms in total. The molecular formula is C24H19FN2O4. The van der Waals surface area contributed by atoms with E-state index in [0.29, 0.717) is 22.7 Å². The molecule has 2 heterocycles. The van der Waals surface area contributed by atoms with E-state index in [1.54, 1.807) is 48.6 Å². The van der Waals surface area contributed by atoms with Gasteiger partial charge in [0.05, 0.1) is 24.5 Å². The molecule has 156 valence electrons. The first kappa shape index (κ1) is 19.3. The molecule has 2 saturated heterocycles. The molecule has 0 aliphatic carbocycles. The number of benzene rings is 3. The first-order valence-electron chi connectivity index (χ1n) is 9.87. The smallest absolute Gasteiger partial charge is 0.266 e. The lowest BCUT2D eigenvalue weighted by atomic mass is 9.90. The lowest BCUT2D eigenvalue weighted by Gasteiger charge is -2.28. The summed E-state index contributed by atoms with van der Waals surface area (Å²) in [5, 5.41) is 1.59. The molecule has 2 fully saturated rings.